The van der Waals surface area contributed by atoms with Crippen LogP contribution in [0.15, 0.2) is 30.3 Å². The van der Waals surface area contributed by atoms with Crippen LogP contribution in [0.25, 0.3) is 0 Å². The van der Waals surface area contributed by atoms with Crippen molar-refractivity contribution in [1.82, 2.24) is 9.97 Å². The summed E-state index contributed by atoms with van der Waals surface area (Å²) < 4.78 is 10.7. The maximum atomic E-state index is 5.64. The van der Waals surface area contributed by atoms with Crippen LogP contribution in [0.5, 0.6) is 17.5 Å². The first kappa shape index (κ1) is 12.2. The molecule has 2 rings (SSSR count). The highest BCUT2D eigenvalue weighted by Crippen LogP contribution is 2.23. The van der Waals surface area contributed by atoms with E-state index in [1.165, 1.54) is 0 Å². The van der Waals surface area contributed by atoms with Crippen molar-refractivity contribution in [2.45, 2.75) is 6.92 Å². The molecule has 0 unspecified atom stereocenters. The Kier molecular flexibility index (Phi) is 3.62. The minimum atomic E-state index is 0.469. The van der Waals surface area contributed by atoms with Gasteiger partial charge >= 0.3 is 0 Å². The van der Waals surface area contributed by atoms with E-state index in [9.17, 15) is 0 Å². The van der Waals surface area contributed by atoms with Gasteiger partial charge < -0.3 is 14.8 Å². The molecule has 0 spiro atoms. The number of nitrogens with zero attached hydrogens (tertiary/aromatic N) is 2. The Morgan fingerprint density at radius 2 is 1.72 bits per heavy atom. The summed E-state index contributed by atoms with van der Waals surface area (Å²) in [6, 6.07) is 9.26. The number of ether oxygens (including phenoxy) is 2. The van der Waals surface area contributed by atoms with Crippen LogP contribution in [-0.4, -0.2) is 24.1 Å². The molecular weight excluding hydrogens is 230 g/mol. The monoisotopic (exact) mass is 245 g/mol. The lowest BCUT2D eigenvalue weighted by atomic mass is 10.3. The summed E-state index contributed by atoms with van der Waals surface area (Å²) in [5.41, 5.74) is 1.03. The third kappa shape index (κ3) is 2.88. The van der Waals surface area contributed by atoms with E-state index in [-0.39, 0.29) is 0 Å². The highest BCUT2D eigenvalue weighted by Gasteiger charge is 2.04. The molecule has 0 aliphatic rings. The SMILES string of the molecule is CNc1ccc(Oc2cc(OC)nc(C)n2)cc1. The van der Waals surface area contributed by atoms with Crippen LogP contribution < -0.4 is 14.8 Å². The molecule has 0 bridgehead atoms. The Morgan fingerprint density at radius 3 is 2.33 bits per heavy atom. The molecule has 0 amide bonds. The molecule has 0 radical (unpaired) electrons. The van der Waals surface area contributed by atoms with Gasteiger partial charge in [-0.2, -0.15) is 9.97 Å². The summed E-state index contributed by atoms with van der Waals surface area (Å²) in [6.45, 7) is 1.79. The van der Waals surface area contributed by atoms with Crippen molar-refractivity contribution in [3.63, 3.8) is 0 Å². The molecule has 0 aliphatic carbocycles. The van der Waals surface area contributed by atoms with Crippen LogP contribution in [0.2, 0.25) is 0 Å². The normalized spacial score (nSPS) is 9.94. The molecule has 18 heavy (non-hydrogen) atoms. The second kappa shape index (κ2) is 5.35. The van der Waals surface area contributed by atoms with Crippen LogP contribution in [0.4, 0.5) is 5.69 Å². The second-order valence-electron chi connectivity index (χ2n) is 3.67. The van der Waals surface area contributed by atoms with Crippen molar-refractivity contribution in [3.05, 3.63) is 36.2 Å². The Balaban J connectivity index is 2.19. The summed E-state index contributed by atoms with van der Waals surface area (Å²) in [4.78, 5) is 8.29. The molecule has 0 aliphatic heterocycles. The smallest absolute Gasteiger partial charge is 0.226 e. The number of aryl methyl sites for hydroxylation is 1. The zero-order valence-corrected chi connectivity index (χ0v) is 10.6. The van der Waals surface area contributed by atoms with Crippen molar-refractivity contribution in [2.24, 2.45) is 0 Å². The quantitative estimate of drug-likeness (QED) is 0.897. The zero-order valence-electron chi connectivity index (χ0n) is 10.6. The topological polar surface area (TPSA) is 56.3 Å². The van der Waals surface area contributed by atoms with Crippen molar-refractivity contribution < 1.29 is 9.47 Å². The molecular formula is C13H15N3O2. The molecule has 5 heteroatoms. The maximum absolute atomic E-state index is 5.64. The van der Waals surface area contributed by atoms with E-state index in [0.29, 0.717) is 23.3 Å². The number of methoxy groups -OCH3 is 1. The van der Waals surface area contributed by atoms with Gasteiger partial charge in [-0.25, -0.2) is 0 Å². The van der Waals surface area contributed by atoms with Gasteiger partial charge in [-0.05, 0) is 31.2 Å². The van der Waals surface area contributed by atoms with Crippen molar-refractivity contribution in [2.75, 3.05) is 19.5 Å². The lowest BCUT2D eigenvalue weighted by molar-refractivity contribution is 0.386. The highest BCUT2D eigenvalue weighted by molar-refractivity contribution is 5.46. The molecule has 0 saturated carbocycles. The summed E-state index contributed by atoms with van der Waals surface area (Å²) in [5.74, 6) is 2.28. The lowest BCUT2D eigenvalue weighted by Gasteiger charge is -2.07. The van der Waals surface area contributed by atoms with Gasteiger partial charge in [0, 0.05) is 12.7 Å². The van der Waals surface area contributed by atoms with Gasteiger partial charge in [0.05, 0.1) is 13.2 Å². The molecule has 1 heterocycles. The maximum Gasteiger partial charge on any atom is 0.226 e. The average molecular weight is 245 g/mol. The first-order chi connectivity index (χ1) is 8.71. The van der Waals surface area contributed by atoms with Crippen molar-refractivity contribution >= 4 is 5.69 Å². The fourth-order valence-corrected chi connectivity index (χ4v) is 1.48. The fourth-order valence-electron chi connectivity index (χ4n) is 1.48. The van der Waals surface area contributed by atoms with Gasteiger partial charge in [-0.1, -0.05) is 0 Å². The molecule has 2 aromatic rings. The van der Waals surface area contributed by atoms with Gasteiger partial charge in [0.1, 0.15) is 11.6 Å². The molecule has 5 nitrogen and oxygen atoms in total. The summed E-state index contributed by atoms with van der Waals surface area (Å²) >= 11 is 0. The second-order valence-corrected chi connectivity index (χ2v) is 3.67. The molecule has 0 saturated heterocycles. The van der Waals surface area contributed by atoms with E-state index >= 15 is 0 Å². The third-order valence-electron chi connectivity index (χ3n) is 2.37. The molecule has 0 atom stereocenters. The van der Waals surface area contributed by atoms with Gasteiger partial charge in [-0.3, -0.25) is 0 Å². The Labute approximate surface area is 106 Å². The predicted molar refractivity (Wildman–Crippen MR) is 69.4 cm³/mol. The van der Waals surface area contributed by atoms with Gasteiger partial charge in [-0.15, -0.1) is 0 Å². The van der Waals surface area contributed by atoms with Gasteiger partial charge in [0.15, 0.2) is 0 Å². The van der Waals surface area contributed by atoms with E-state index < -0.39 is 0 Å². The number of hydrogen-bond donors (Lipinski definition) is 1. The third-order valence-corrected chi connectivity index (χ3v) is 2.37. The van der Waals surface area contributed by atoms with Crippen molar-refractivity contribution in [1.29, 1.82) is 0 Å². The van der Waals surface area contributed by atoms with Gasteiger partial charge in [0.2, 0.25) is 11.8 Å². The molecule has 94 valence electrons. The van der Waals surface area contributed by atoms with Crippen LogP contribution in [0, 0.1) is 6.92 Å². The van der Waals surface area contributed by atoms with E-state index in [1.54, 1.807) is 20.1 Å². The number of anilines is 1. The largest absolute Gasteiger partial charge is 0.481 e. The first-order valence-electron chi connectivity index (χ1n) is 5.56. The lowest BCUT2D eigenvalue weighted by Crippen LogP contribution is -1.96. The van der Waals surface area contributed by atoms with E-state index in [2.05, 4.69) is 15.3 Å². The van der Waals surface area contributed by atoms with Crippen molar-refractivity contribution in [3.8, 4) is 17.5 Å². The Bertz CT molecular complexity index is 526. The van der Waals surface area contributed by atoms with Crippen LogP contribution in [-0.2, 0) is 0 Å². The molecule has 1 N–H and O–H groups in total. The Morgan fingerprint density at radius 1 is 1.06 bits per heavy atom. The number of rotatable bonds is 4. The highest BCUT2D eigenvalue weighted by atomic mass is 16.5. The van der Waals surface area contributed by atoms with Gasteiger partial charge in [0.25, 0.3) is 0 Å². The number of hydrogen-bond acceptors (Lipinski definition) is 5. The average Bonchev–Trinajstić information content (AvgIpc) is 2.39. The van der Waals surface area contributed by atoms with Crippen LogP contribution in [0.3, 0.4) is 0 Å². The molecule has 1 aromatic carbocycles. The number of nitrogens with one attached hydrogen (secondary N) is 1. The first-order valence-corrected chi connectivity index (χ1v) is 5.56. The summed E-state index contributed by atoms with van der Waals surface area (Å²) in [5, 5.41) is 3.04. The molecule has 1 aromatic heterocycles. The number of benzene rings is 1. The fraction of sp³-hybridized carbons (Fsp3) is 0.231. The van der Waals surface area contributed by atoms with Crippen LogP contribution >= 0.6 is 0 Å². The van der Waals surface area contributed by atoms with Crippen LogP contribution in [0.1, 0.15) is 5.82 Å². The molecule has 0 fully saturated rings. The zero-order chi connectivity index (χ0) is 13.0. The standard InChI is InChI=1S/C13H15N3O2/c1-9-15-12(17-3)8-13(16-9)18-11-6-4-10(14-2)5-7-11/h4-8,14H,1-3H3. The van der Waals surface area contributed by atoms with E-state index in [0.717, 1.165) is 5.69 Å². The van der Waals surface area contributed by atoms with E-state index in [4.69, 9.17) is 9.47 Å². The predicted octanol–water partition coefficient (Wildman–Crippen LogP) is 2.63. The van der Waals surface area contributed by atoms with E-state index in [1.807, 2.05) is 31.3 Å². The minimum absolute atomic E-state index is 0.469. The summed E-state index contributed by atoms with van der Waals surface area (Å²) in [7, 11) is 3.43. The minimum Gasteiger partial charge on any atom is -0.481 e. The summed E-state index contributed by atoms with van der Waals surface area (Å²) in [6.07, 6.45) is 0. The number of aromatic nitrogens is 2. The Hall–Kier alpha value is -2.30.